The maximum Gasteiger partial charge on any atom is 0.223 e. The normalized spacial score (nSPS) is 16.4. The van der Waals surface area contributed by atoms with E-state index in [2.05, 4.69) is 45.0 Å². The Balaban J connectivity index is 1.23. The zero-order valence-corrected chi connectivity index (χ0v) is 18.4. The van der Waals surface area contributed by atoms with Crippen LogP contribution in [0.15, 0.2) is 78.0 Å². The monoisotopic (exact) mass is 430 g/mol. The van der Waals surface area contributed by atoms with Gasteiger partial charge in [-0.3, -0.25) is 9.79 Å². The van der Waals surface area contributed by atoms with Crippen molar-refractivity contribution in [3.63, 3.8) is 0 Å². The molecule has 166 valence electrons. The number of hydrogen-bond acceptors (Lipinski definition) is 3. The van der Waals surface area contributed by atoms with Crippen molar-refractivity contribution in [3.05, 3.63) is 84.2 Å². The molecule has 0 aliphatic carbocycles. The van der Waals surface area contributed by atoms with Crippen LogP contribution in [0.2, 0.25) is 0 Å². The Morgan fingerprint density at radius 3 is 2.72 bits per heavy atom. The molecule has 7 heteroatoms. The van der Waals surface area contributed by atoms with Crippen LogP contribution < -0.4 is 10.6 Å². The summed E-state index contributed by atoms with van der Waals surface area (Å²) in [5, 5.41) is 11.0. The predicted molar refractivity (Wildman–Crippen MR) is 127 cm³/mol. The molecule has 0 radical (unpaired) electrons. The summed E-state index contributed by atoms with van der Waals surface area (Å²) < 4.78 is 1.84. The smallest absolute Gasteiger partial charge is 0.223 e. The molecule has 2 aromatic carbocycles. The van der Waals surface area contributed by atoms with Crippen LogP contribution in [0.1, 0.15) is 17.5 Å². The third-order valence-electron chi connectivity index (χ3n) is 5.73. The van der Waals surface area contributed by atoms with Crippen LogP contribution in [0.25, 0.3) is 5.69 Å². The number of benzene rings is 2. The molecule has 1 aromatic heterocycles. The quantitative estimate of drug-likeness (QED) is 0.426. The molecule has 1 aliphatic heterocycles. The molecule has 4 rings (SSSR count). The molecule has 1 atom stereocenters. The molecule has 0 bridgehead atoms. The molecule has 0 saturated carbocycles. The summed E-state index contributed by atoms with van der Waals surface area (Å²) in [5.74, 6) is 1.27. The number of hydrogen-bond donors (Lipinski definition) is 2. The highest BCUT2D eigenvalue weighted by Crippen LogP contribution is 2.17. The molecule has 2 heterocycles. The van der Waals surface area contributed by atoms with E-state index in [1.54, 1.807) is 13.2 Å². The van der Waals surface area contributed by atoms with E-state index in [9.17, 15) is 4.79 Å². The Morgan fingerprint density at radius 1 is 1.09 bits per heavy atom. The molecule has 32 heavy (non-hydrogen) atoms. The van der Waals surface area contributed by atoms with Gasteiger partial charge in [0.1, 0.15) is 0 Å². The van der Waals surface area contributed by atoms with Crippen LogP contribution in [0.3, 0.4) is 0 Å². The Kier molecular flexibility index (Phi) is 7.17. The lowest BCUT2D eigenvalue weighted by atomic mass is 10.1. The van der Waals surface area contributed by atoms with Gasteiger partial charge in [-0.05, 0) is 35.7 Å². The highest BCUT2D eigenvalue weighted by Gasteiger charge is 2.29. The Hall–Kier alpha value is -3.61. The number of carbonyl (C=O) groups is 1. The molecule has 1 saturated heterocycles. The van der Waals surface area contributed by atoms with Crippen LogP contribution in [0, 0.1) is 5.92 Å². The average Bonchev–Trinajstić information content (AvgIpc) is 3.49. The summed E-state index contributed by atoms with van der Waals surface area (Å²) in [6.07, 6.45) is 5.19. The third kappa shape index (κ3) is 5.75. The van der Waals surface area contributed by atoms with Crippen molar-refractivity contribution < 1.29 is 4.79 Å². The van der Waals surface area contributed by atoms with Crippen LogP contribution in [0.4, 0.5) is 0 Å². The number of nitrogens with zero attached hydrogens (tertiary/aromatic N) is 4. The topological polar surface area (TPSA) is 74.5 Å². The van der Waals surface area contributed by atoms with Gasteiger partial charge in [-0.25, -0.2) is 4.68 Å². The van der Waals surface area contributed by atoms with Gasteiger partial charge >= 0.3 is 0 Å². The average molecular weight is 431 g/mol. The molecule has 1 unspecified atom stereocenters. The largest absolute Gasteiger partial charge is 0.356 e. The minimum absolute atomic E-state index is 0.242. The standard InChI is InChI=1S/C25H30N6O/c1-26-25(27-17-21-9-5-10-23(15-21)31-13-6-12-29-31)28-18-22-16-24(32)30(19-22)14-11-20-7-3-2-4-8-20/h2-10,12-13,15,22H,11,14,16-19H2,1H3,(H2,26,27,28). The number of amides is 1. The SMILES string of the molecule is CN=C(NCc1cccc(-n2cccn2)c1)NCC1CC(=O)N(CCc2ccccc2)C1. The second kappa shape index (κ2) is 10.6. The Bertz CT molecular complexity index is 1030. The molecule has 3 aromatic rings. The van der Waals surface area contributed by atoms with E-state index in [4.69, 9.17) is 0 Å². The van der Waals surface area contributed by atoms with Gasteiger partial charge in [0.2, 0.25) is 5.91 Å². The van der Waals surface area contributed by atoms with Crippen molar-refractivity contribution >= 4 is 11.9 Å². The number of aliphatic imine (C=N–C) groups is 1. The number of nitrogens with one attached hydrogen (secondary N) is 2. The molecule has 1 aliphatic rings. The summed E-state index contributed by atoms with van der Waals surface area (Å²) in [4.78, 5) is 18.7. The second-order valence-electron chi connectivity index (χ2n) is 8.07. The van der Waals surface area contributed by atoms with Crippen molar-refractivity contribution in [2.75, 3.05) is 26.7 Å². The summed E-state index contributed by atoms with van der Waals surface area (Å²) in [7, 11) is 1.77. The third-order valence-corrected chi connectivity index (χ3v) is 5.73. The minimum atomic E-state index is 0.242. The summed E-state index contributed by atoms with van der Waals surface area (Å²) in [6, 6.07) is 20.5. The van der Waals surface area contributed by atoms with Crippen LogP contribution >= 0.6 is 0 Å². The van der Waals surface area contributed by atoms with Gasteiger partial charge in [-0.1, -0.05) is 42.5 Å². The van der Waals surface area contributed by atoms with Crippen LogP contribution in [-0.4, -0.2) is 53.2 Å². The Morgan fingerprint density at radius 2 is 1.94 bits per heavy atom. The minimum Gasteiger partial charge on any atom is -0.356 e. The fraction of sp³-hybridized carbons (Fsp3) is 0.320. The first-order valence-electron chi connectivity index (χ1n) is 11.1. The van der Waals surface area contributed by atoms with Crippen molar-refractivity contribution in [2.24, 2.45) is 10.9 Å². The fourth-order valence-corrected chi connectivity index (χ4v) is 3.99. The molecule has 2 N–H and O–H groups in total. The highest BCUT2D eigenvalue weighted by molar-refractivity contribution is 5.80. The van der Waals surface area contributed by atoms with Gasteiger partial charge < -0.3 is 15.5 Å². The van der Waals surface area contributed by atoms with E-state index in [0.29, 0.717) is 18.9 Å². The first-order valence-corrected chi connectivity index (χ1v) is 11.1. The van der Waals surface area contributed by atoms with Gasteiger partial charge in [0.25, 0.3) is 0 Å². The fourth-order valence-electron chi connectivity index (χ4n) is 3.99. The second-order valence-corrected chi connectivity index (χ2v) is 8.07. The van der Waals surface area contributed by atoms with Gasteiger partial charge in [-0.2, -0.15) is 5.10 Å². The number of carbonyl (C=O) groups excluding carboxylic acids is 1. The number of aromatic nitrogens is 2. The summed E-state index contributed by atoms with van der Waals surface area (Å²) in [6.45, 7) is 2.95. The zero-order valence-electron chi connectivity index (χ0n) is 18.4. The molecule has 1 amide bonds. The van der Waals surface area contributed by atoms with Gasteiger partial charge in [0.05, 0.1) is 5.69 Å². The molecule has 7 nitrogen and oxygen atoms in total. The molecular formula is C25H30N6O. The highest BCUT2D eigenvalue weighted by atomic mass is 16.2. The van der Waals surface area contributed by atoms with Gasteiger partial charge in [0, 0.05) is 58.0 Å². The van der Waals surface area contributed by atoms with Crippen molar-refractivity contribution in [1.82, 2.24) is 25.3 Å². The Labute approximate surface area is 189 Å². The number of likely N-dealkylation sites (tertiary alicyclic amines) is 1. The number of guanidine groups is 1. The van der Waals surface area contributed by atoms with Gasteiger partial charge in [0.15, 0.2) is 5.96 Å². The lowest BCUT2D eigenvalue weighted by Crippen LogP contribution is -2.40. The van der Waals surface area contributed by atoms with Gasteiger partial charge in [-0.15, -0.1) is 0 Å². The first kappa shape index (κ1) is 21.6. The van der Waals surface area contributed by atoms with E-state index in [0.717, 1.165) is 43.3 Å². The van der Waals surface area contributed by atoms with Crippen LogP contribution in [0.5, 0.6) is 0 Å². The lowest BCUT2D eigenvalue weighted by molar-refractivity contribution is -0.127. The zero-order chi connectivity index (χ0) is 22.2. The van der Waals surface area contributed by atoms with E-state index in [1.807, 2.05) is 52.2 Å². The van der Waals surface area contributed by atoms with E-state index in [-0.39, 0.29) is 5.91 Å². The summed E-state index contributed by atoms with van der Waals surface area (Å²) in [5.41, 5.74) is 3.43. The maximum atomic E-state index is 12.4. The molecular weight excluding hydrogens is 400 g/mol. The summed E-state index contributed by atoms with van der Waals surface area (Å²) >= 11 is 0. The molecule has 0 spiro atoms. The van der Waals surface area contributed by atoms with Crippen LogP contribution in [-0.2, 0) is 17.8 Å². The first-order chi connectivity index (χ1) is 15.7. The van der Waals surface area contributed by atoms with Crippen molar-refractivity contribution in [1.29, 1.82) is 0 Å². The van der Waals surface area contributed by atoms with E-state index >= 15 is 0 Å². The predicted octanol–water partition coefficient (Wildman–Crippen LogP) is 2.63. The maximum absolute atomic E-state index is 12.4. The van der Waals surface area contributed by atoms with Crippen molar-refractivity contribution in [3.8, 4) is 5.69 Å². The van der Waals surface area contributed by atoms with E-state index < -0.39 is 0 Å². The number of rotatable bonds is 8. The van der Waals surface area contributed by atoms with E-state index in [1.165, 1.54) is 5.56 Å². The molecule has 1 fully saturated rings. The van der Waals surface area contributed by atoms with Crippen molar-refractivity contribution in [2.45, 2.75) is 19.4 Å². The lowest BCUT2D eigenvalue weighted by Gasteiger charge is -2.18.